The Hall–Kier alpha value is -2.53. The summed E-state index contributed by atoms with van der Waals surface area (Å²) in [5.74, 6) is -1.23. The van der Waals surface area contributed by atoms with Crippen molar-refractivity contribution in [2.45, 2.75) is 30.7 Å². The number of anilines is 2. The van der Waals surface area contributed by atoms with E-state index in [1.54, 1.807) is 17.5 Å². The molecular formula is C24H25ClF2N4O2S2. The molecule has 35 heavy (non-hydrogen) atoms. The molecule has 0 radical (unpaired) electrons. The van der Waals surface area contributed by atoms with E-state index in [0.29, 0.717) is 6.54 Å². The molecule has 2 aromatic carbocycles. The van der Waals surface area contributed by atoms with Crippen LogP contribution in [-0.2, 0) is 10.0 Å². The van der Waals surface area contributed by atoms with E-state index in [2.05, 4.69) is 26.4 Å². The predicted molar refractivity (Wildman–Crippen MR) is 137 cm³/mol. The highest BCUT2D eigenvalue weighted by Crippen LogP contribution is 2.35. The van der Waals surface area contributed by atoms with Crippen molar-refractivity contribution in [1.82, 2.24) is 10.3 Å². The molecule has 4 rings (SSSR count). The minimum Gasteiger partial charge on any atom is -0.383 e. The molecule has 186 valence electrons. The van der Waals surface area contributed by atoms with Crippen LogP contribution in [0.1, 0.15) is 25.3 Å². The molecule has 1 aliphatic rings. The minimum atomic E-state index is -4.19. The molecular weight excluding hydrogens is 514 g/mol. The lowest BCUT2D eigenvalue weighted by Crippen LogP contribution is -2.41. The monoisotopic (exact) mass is 538 g/mol. The molecule has 2 unspecified atom stereocenters. The summed E-state index contributed by atoms with van der Waals surface area (Å²) >= 11 is 7.45. The van der Waals surface area contributed by atoms with E-state index in [1.807, 2.05) is 6.92 Å². The van der Waals surface area contributed by atoms with Gasteiger partial charge >= 0.3 is 0 Å². The SMILES string of the molecule is CCNC1CCC=C(c2ccc(F)cc2)C1CNc1cc(F)c(S(=O)(=O)Nc2nccs2)cc1Cl. The zero-order chi connectivity index (χ0) is 25.0. The van der Waals surface area contributed by atoms with Gasteiger partial charge in [-0.05, 0) is 54.8 Å². The van der Waals surface area contributed by atoms with Crippen molar-refractivity contribution in [1.29, 1.82) is 0 Å². The maximum absolute atomic E-state index is 14.9. The van der Waals surface area contributed by atoms with Crippen LogP contribution in [-0.4, -0.2) is 32.5 Å². The normalized spacial score (nSPS) is 18.2. The summed E-state index contributed by atoms with van der Waals surface area (Å²) in [6.07, 6.45) is 5.40. The van der Waals surface area contributed by atoms with Gasteiger partial charge in [-0.3, -0.25) is 4.72 Å². The number of benzene rings is 2. The van der Waals surface area contributed by atoms with Crippen molar-refractivity contribution in [2.75, 3.05) is 23.1 Å². The van der Waals surface area contributed by atoms with Gasteiger partial charge < -0.3 is 10.6 Å². The van der Waals surface area contributed by atoms with E-state index >= 15 is 0 Å². The van der Waals surface area contributed by atoms with Crippen LogP contribution >= 0.6 is 22.9 Å². The zero-order valence-electron chi connectivity index (χ0n) is 18.9. The number of aromatic nitrogens is 1. The molecule has 3 aromatic rings. The lowest BCUT2D eigenvalue weighted by Gasteiger charge is -2.34. The van der Waals surface area contributed by atoms with Crippen molar-refractivity contribution in [3.05, 3.63) is 76.3 Å². The first-order valence-electron chi connectivity index (χ1n) is 11.1. The summed E-state index contributed by atoms with van der Waals surface area (Å²) in [5.41, 5.74) is 2.28. The van der Waals surface area contributed by atoms with Gasteiger partial charge in [0.2, 0.25) is 0 Å². The van der Waals surface area contributed by atoms with Crippen LogP contribution in [0.2, 0.25) is 5.02 Å². The van der Waals surface area contributed by atoms with Gasteiger partial charge in [-0.25, -0.2) is 22.2 Å². The lowest BCUT2D eigenvalue weighted by molar-refractivity contribution is 0.403. The number of hydrogen-bond acceptors (Lipinski definition) is 6. The molecule has 1 aromatic heterocycles. The number of nitrogens with one attached hydrogen (secondary N) is 3. The molecule has 0 aliphatic heterocycles. The number of nitrogens with zero attached hydrogens (tertiary/aromatic N) is 1. The molecule has 0 saturated carbocycles. The Morgan fingerprint density at radius 3 is 2.66 bits per heavy atom. The standard InChI is InChI=1S/C24H25ClF2N4O2S2/c1-2-28-21-5-3-4-17(15-6-8-16(26)9-7-15)18(21)14-30-22-13-20(27)23(12-19(22)25)35(32,33)31-24-29-10-11-34-24/h4,6-13,18,21,28,30H,2-3,5,14H2,1H3,(H,29,31). The first kappa shape index (κ1) is 25.6. The third kappa shape index (κ3) is 6.00. The Balaban J connectivity index is 1.56. The molecule has 1 aliphatic carbocycles. The van der Waals surface area contributed by atoms with E-state index in [1.165, 1.54) is 18.3 Å². The highest BCUT2D eigenvalue weighted by molar-refractivity contribution is 7.93. The predicted octanol–water partition coefficient (Wildman–Crippen LogP) is 5.76. The third-order valence-corrected chi connectivity index (χ3v) is 8.33. The van der Waals surface area contributed by atoms with Gasteiger partial charge in [0.1, 0.15) is 16.5 Å². The minimum absolute atomic E-state index is 0.00303. The smallest absolute Gasteiger partial charge is 0.266 e. The average Bonchev–Trinajstić information content (AvgIpc) is 3.33. The number of halogens is 3. The van der Waals surface area contributed by atoms with Crippen LogP contribution in [0.5, 0.6) is 0 Å². The van der Waals surface area contributed by atoms with E-state index in [-0.39, 0.29) is 33.6 Å². The van der Waals surface area contributed by atoms with Crippen molar-refractivity contribution in [3.8, 4) is 0 Å². The number of sulfonamides is 1. The summed E-state index contributed by atoms with van der Waals surface area (Å²) in [5, 5.41) is 8.52. The zero-order valence-corrected chi connectivity index (χ0v) is 21.3. The Morgan fingerprint density at radius 2 is 1.97 bits per heavy atom. The fraction of sp³-hybridized carbons (Fsp3) is 0.292. The Bertz CT molecular complexity index is 1300. The summed E-state index contributed by atoms with van der Waals surface area (Å²) < 4.78 is 55.9. The number of thiazole rings is 1. The summed E-state index contributed by atoms with van der Waals surface area (Å²) in [6.45, 7) is 3.24. The van der Waals surface area contributed by atoms with Gasteiger partial charge in [0.15, 0.2) is 5.13 Å². The topological polar surface area (TPSA) is 83.1 Å². The van der Waals surface area contributed by atoms with Gasteiger partial charge in [0.05, 0.1) is 10.7 Å². The molecule has 2 atom stereocenters. The summed E-state index contributed by atoms with van der Waals surface area (Å²) in [6, 6.07) is 8.71. The molecule has 0 saturated heterocycles. The Morgan fingerprint density at radius 1 is 1.20 bits per heavy atom. The number of hydrogen-bond donors (Lipinski definition) is 3. The van der Waals surface area contributed by atoms with Gasteiger partial charge in [-0.1, -0.05) is 36.7 Å². The quantitative estimate of drug-likeness (QED) is 0.323. The second-order valence-electron chi connectivity index (χ2n) is 8.10. The van der Waals surface area contributed by atoms with Crippen molar-refractivity contribution in [3.63, 3.8) is 0 Å². The van der Waals surface area contributed by atoms with Crippen LogP contribution in [0.15, 0.2) is 58.9 Å². The van der Waals surface area contributed by atoms with Crippen LogP contribution in [0.4, 0.5) is 19.6 Å². The highest BCUT2D eigenvalue weighted by Gasteiger charge is 2.29. The fourth-order valence-corrected chi connectivity index (χ4v) is 6.42. The van der Waals surface area contributed by atoms with Crippen LogP contribution in [0, 0.1) is 17.6 Å². The first-order valence-corrected chi connectivity index (χ1v) is 13.9. The van der Waals surface area contributed by atoms with E-state index < -0.39 is 20.7 Å². The fourth-order valence-electron chi connectivity index (χ4n) is 4.25. The van der Waals surface area contributed by atoms with E-state index in [4.69, 9.17) is 11.6 Å². The van der Waals surface area contributed by atoms with Gasteiger partial charge in [-0.2, -0.15) is 0 Å². The van der Waals surface area contributed by atoms with Gasteiger partial charge in [0.25, 0.3) is 10.0 Å². The Kier molecular flexibility index (Phi) is 8.05. The number of allylic oxidation sites excluding steroid dienone is 1. The molecule has 0 fully saturated rings. The number of rotatable bonds is 9. The largest absolute Gasteiger partial charge is 0.383 e. The first-order chi connectivity index (χ1) is 16.8. The lowest BCUT2D eigenvalue weighted by atomic mass is 9.79. The molecule has 11 heteroatoms. The molecule has 1 heterocycles. The van der Waals surface area contributed by atoms with Crippen molar-refractivity contribution >= 4 is 49.4 Å². The van der Waals surface area contributed by atoms with Crippen LogP contribution in [0.3, 0.4) is 0 Å². The second-order valence-corrected chi connectivity index (χ2v) is 11.1. The highest BCUT2D eigenvalue weighted by atomic mass is 35.5. The van der Waals surface area contributed by atoms with Gasteiger partial charge in [0, 0.05) is 30.1 Å². The third-order valence-electron chi connectivity index (χ3n) is 5.85. The maximum atomic E-state index is 14.9. The van der Waals surface area contributed by atoms with Gasteiger partial charge in [-0.15, -0.1) is 11.3 Å². The van der Waals surface area contributed by atoms with E-state index in [0.717, 1.165) is 54.0 Å². The molecule has 0 bridgehead atoms. The van der Waals surface area contributed by atoms with E-state index in [9.17, 15) is 17.2 Å². The maximum Gasteiger partial charge on any atom is 0.266 e. The molecule has 3 N–H and O–H groups in total. The molecule has 0 spiro atoms. The van der Waals surface area contributed by atoms with Crippen molar-refractivity contribution < 1.29 is 17.2 Å². The summed E-state index contributed by atoms with van der Waals surface area (Å²) in [7, 11) is -4.19. The average molecular weight is 539 g/mol. The van der Waals surface area contributed by atoms with Crippen LogP contribution in [0.25, 0.3) is 5.57 Å². The van der Waals surface area contributed by atoms with Crippen LogP contribution < -0.4 is 15.4 Å². The molecule has 6 nitrogen and oxygen atoms in total. The molecule has 0 amide bonds. The second kappa shape index (κ2) is 11.0. The van der Waals surface area contributed by atoms with Crippen molar-refractivity contribution in [2.24, 2.45) is 5.92 Å². The Labute approximate surface area is 212 Å². The summed E-state index contributed by atoms with van der Waals surface area (Å²) in [4.78, 5) is 3.31.